The Morgan fingerprint density at radius 3 is 2.92 bits per heavy atom. The summed E-state index contributed by atoms with van der Waals surface area (Å²) < 4.78 is 5.99. The average molecular weight is 388 g/mol. The van der Waals surface area contributed by atoms with E-state index in [1.165, 1.54) is 11.8 Å². The number of nitrogens with one attached hydrogen (secondary N) is 1. The van der Waals surface area contributed by atoms with Crippen LogP contribution < -0.4 is 15.0 Å². The molecule has 2 aliphatic heterocycles. The first-order valence-electron chi connectivity index (χ1n) is 7.44. The monoisotopic (exact) mass is 388 g/mol. The quantitative estimate of drug-likeness (QED) is 0.647. The molecule has 0 aliphatic carbocycles. The van der Waals surface area contributed by atoms with Crippen molar-refractivity contribution in [2.75, 3.05) is 11.5 Å². The van der Waals surface area contributed by atoms with Gasteiger partial charge in [0.05, 0.1) is 17.1 Å². The van der Waals surface area contributed by atoms with Crippen LogP contribution in [-0.4, -0.2) is 22.7 Å². The number of thioether (sulfide) groups is 1. The van der Waals surface area contributed by atoms with Gasteiger partial charge in [0.1, 0.15) is 10.1 Å². The number of hydrogen-bond donors (Lipinski definition) is 1. The summed E-state index contributed by atoms with van der Waals surface area (Å²) >= 11 is 7.84. The highest BCUT2D eigenvalue weighted by molar-refractivity contribution is 8.26. The minimum atomic E-state index is -0.199. The Hall–Kier alpha value is -2.16. The van der Waals surface area contributed by atoms with Gasteiger partial charge in [0, 0.05) is 4.88 Å². The molecular weight excluding hydrogens is 376 g/mol. The number of thiocarbonyl (C=S) groups is 1. The molecule has 5 nitrogen and oxygen atoms in total. The van der Waals surface area contributed by atoms with E-state index in [-0.39, 0.29) is 18.4 Å². The van der Waals surface area contributed by atoms with Crippen LogP contribution in [0.3, 0.4) is 0 Å². The van der Waals surface area contributed by atoms with Crippen molar-refractivity contribution in [2.45, 2.75) is 6.54 Å². The molecule has 0 spiro atoms. The molecule has 1 aromatic carbocycles. The summed E-state index contributed by atoms with van der Waals surface area (Å²) in [4.78, 5) is 27.5. The smallest absolute Gasteiger partial charge is 0.265 e. The predicted molar refractivity (Wildman–Crippen MR) is 104 cm³/mol. The molecule has 1 saturated heterocycles. The third-order valence-corrected chi connectivity index (χ3v) is 5.78. The van der Waals surface area contributed by atoms with Gasteiger partial charge in [-0.2, -0.15) is 0 Å². The van der Waals surface area contributed by atoms with E-state index in [2.05, 4.69) is 5.32 Å². The molecule has 0 bridgehead atoms. The zero-order valence-corrected chi connectivity index (χ0v) is 15.3. The number of rotatable bonds is 3. The second kappa shape index (κ2) is 6.62. The Morgan fingerprint density at radius 2 is 2.20 bits per heavy atom. The van der Waals surface area contributed by atoms with Crippen LogP contribution in [0, 0.1) is 0 Å². The number of hydrogen-bond acceptors (Lipinski definition) is 6. The molecule has 3 heterocycles. The van der Waals surface area contributed by atoms with E-state index in [9.17, 15) is 9.59 Å². The summed E-state index contributed by atoms with van der Waals surface area (Å²) in [6, 6.07) is 9.51. The number of fused-ring (bicyclic) bond motifs is 1. The van der Waals surface area contributed by atoms with E-state index in [4.69, 9.17) is 17.0 Å². The van der Waals surface area contributed by atoms with Crippen molar-refractivity contribution in [1.82, 2.24) is 5.32 Å². The fraction of sp³-hybridized carbons (Fsp3) is 0.118. The Morgan fingerprint density at radius 1 is 1.32 bits per heavy atom. The van der Waals surface area contributed by atoms with Crippen LogP contribution in [0.4, 0.5) is 5.69 Å². The molecule has 0 radical (unpaired) electrons. The van der Waals surface area contributed by atoms with Crippen LogP contribution in [-0.2, 0) is 16.1 Å². The SMILES string of the molecule is O=C1NC(=S)SC1=Cc1ccc2c(c1)N(Cc1cccs1)C(=O)CO2. The normalized spacial score (nSPS) is 18.3. The highest BCUT2D eigenvalue weighted by atomic mass is 32.2. The van der Waals surface area contributed by atoms with Gasteiger partial charge in [-0.15, -0.1) is 11.3 Å². The lowest BCUT2D eigenvalue weighted by atomic mass is 10.1. The molecule has 8 heteroatoms. The molecule has 2 aromatic rings. The predicted octanol–water partition coefficient (Wildman–Crippen LogP) is 3.16. The fourth-order valence-electron chi connectivity index (χ4n) is 2.61. The Labute approximate surface area is 157 Å². The molecule has 0 atom stereocenters. The third-order valence-electron chi connectivity index (χ3n) is 3.76. The van der Waals surface area contributed by atoms with Crippen LogP contribution in [0.2, 0.25) is 0 Å². The van der Waals surface area contributed by atoms with E-state index in [0.29, 0.717) is 27.2 Å². The summed E-state index contributed by atoms with van der Waals surface area (Å²) in [7, 11) is 0. The van der Waals surface area contributed by atoms with Crippen molar-refractivity contribution < 1.29 is 14.3 Å². The number of carbonyl (C=O) groups excluding carboxylic acids is 2. The van der Waals surface area contributed by atoms with Gasteiger partial charge in [0.15, 0.2) is 6.61 Å². The van der Waals surface area contributed by atoms with Gasteiger partial charge in [-0.3, -0.25) is 9.59 Å². The van der Waals surface area contributed by atoms with Gasteiger partial charge in [0.2, 0.25) is 0 Å². The molecule has 2 amide bonds. The molecule has 1 N–H and O–H groups in total. The zero-order chi connectivity index (χ0) is 17.4. The molecule has 0 saturated carbocycles. The highest BCUT2D eigenvalue weighted by Gasteiger charge is 2.27. The molecule has 1 fully saturated rings. The van der Waals surface area contributed by atoms with Crippen LogP contribution in [0.1, 0.15) is 10.4 Å². The Kier molecular flexibility index (Phi) is 4.32. The summed E-state index contributed by atoms with van der Waals surface area (Å²) in [5.74, 6) is 0.382. The van der Waals surface area contributed by atoms with E-state index in [0.717, 1.165) is 10.4 Å². The molecule has 2 aliphatic rings. The van der Waals surface area contributed by atoms with Crippen LogP contribution in [0.15, 0.2) is 40.6 Å². The van der Waals surface area contributed by atoms with Crippen molar-refractivity contribution in [2.24, 2.45) is 0 Å². The van der Waals surface area contributed by atoms with Crippen molar-refractivity contribution in [1.29, 1.82) is 0 Å². The molecule has 1 aromatic heterocycles. The lowest BCUT2D eigenvalue weighted by molar-refractivity contribution is -0.121. The number of thiophene rings is 1. The molecular formula is C17H12N2O3S3. The van der Waals surface area contributed by atoms with Crippen LogP contribution in [0.25, 0.3) is 6.08 Å². The Balaban J connectivity index is 1.69. The maximum atomic E-state index is 12.3. The van der Waals surface area contributed by atoms with E-state index >= 15 is 0 Å². The summed E-state index contributed by atoms with van der Waals surface area (Å²) in [6.07, 6.45) is 1.77. The van der Waals surface area contributed by atoms with Gasteiger partial charge >= 0.3 is 0 Å². The van der Waals surface area contributed by atoms with Crippen LogP contribution >= 0.6 is 35.3 Å². The second-order valence-electron chi connectivity index (χ2n) is 5.43. The average Bonchev–Trinajstić information content (AvgIpc) is 3.20. The summed E-state index contributed by atoms with van der Waals surface area (Å²) in [5.41, 5.74) is 1.53. The molecule has 0 unspecified atom stereocenters. The number of benzene rings is 1. The number of ether oxygens (including phenoxy) is 1. The van der Waals surface area contributed by atoms with Crippen molar-refractivity contribution in [3.05, 3.63) is 51.1 Å². The molecule has 126 valence electrons. The second-order valence-corrected chi connectivity index (χ2v) is 8.18. The van der Waals surface area contributed by atoms with E-state index in [1.807, 2.05) is 35.7 Å². The van der Waals surface area contributed by atoms with Crippen molar-refractivity contribution in [3.8, 4) is 5.75 Å². The van der Waals surface area contributed by atoms with E-state index < -0.39 is 0 Å². The topological polar surface area (TPSA) is 58.6 Å². The summed E-state index contributed by atoms with van der Waals surface area (Å²) in [5, 5.41) is 4.58. The fourth-order valence-corrected chi connectivity index (χ4v) is 4.35. The minimum Gasteiger partial charge on any atom is -0.482 e. The van der Waals surface area contributed by atoms with Gasteiger partial charge in [-0.25, -0.2) is 0 Å². The zero-order valence-electron chi connectivity index (χ0n) is 12.9. The number of amides is 2. The third kappa shape index (κ3) is 3.33. The first-order valence-corrected chi connectivity index (χ1v) is 9.55. The Bertz CT molecular complexity index is 906. The van der Waals surface area contributed by atoms with Gasteiger partial charge in [0.25, 0.3) is 11.8 Å². The maximum absolute atomic E-state index is 12.3. The van der Waals surface area contributed by atoms with Crippen molar-refractivity contribution in [3.63, 3.8) is 0 Å². The standard InChI is InChI=1S/C17H12N2O3S3/c20-15-9-22-13-4-3-10(7-14-16(21)18-17(23)25-14)6-12(13)19(15)8-11-2-1-5-24-11/h1-7H,8-9H2,(H,18,21,23). The van der Waals surface area contributed by atoms with Gasteiger partial charge in [-0.1, -0.05) is 36.1 Å². The maximum Gasteiger partial charge on any atom is 0.265 e. The molecule has 4 rings (SSSR count). The van der Waals surface area contributed by atoms with Gasteiger partial charge < -0.3 is 15.0 Å². The number of carbonyl (C=O) groups is 2. The minimum absolute atomic E-state index is 0.0331. The largest absolute Gasteiger partial charge is 0.482 e. The van der Waals surface area contributed by atoms with Crippen molar-refractivity contribution >= 4 is 63.2 Å². The van der Waals surface area contributed by atoms with Crippen LogP contribution in [0.5, 0.6) is 5.75 Å². The first kappa shape index (κ1) is 16.3. The number of anilines is 1. The lowest BCUT2D eigenvalue weighted by Crippen LogP contribution is -2.38. The van der Waals surface area contributed by atoms with Gasteiger partial charge in [-0.05, 0) is 35.2 Å². The lowest BCUT2D eigenvalue weighted by Gasteiger charge is -2.29. The number of nitrogens with zero attached hydrogens (tertiary/aromatic N) is 1. The molecule has 25 heavy (non-hydrogen) atoms. The highest BCUT2D eigenvalue weighted by Crippen LogP contribution is 2.36. The van der Waals surface area contributed by atoms with E-state index in [1.54, 1.807) is 22.3 Å². The first-order chi connectivity index (χ1) is 12.1. The summed E-state index contributed by atoms with van der Waals surface area (Å²) in [6.45, 7) is 0.539.